The van der Waals surface area contributed by atoms with Gasteiger partial charge in [-0.15, -0.1) is 0 Å². The normalized spacial score (nSPS) is 12.2. The minimum Gasteiger partial charge on any atom is -0.534 e. The van der Waals surface area contributed by atoms with E-state index in [9.17, 15) is 24.5 Å². The molecule has 0 aromatic heterocycles. The van der Waals surface area contributed by atoms with Crippen molar-refractivity contribution < 1.29 is 29.2 Å². The number of ketones is 1. The fourth-order valence-corrected chi connectivity index (χ4v) is 2.20. The van der Waals surface area contributed by atoms with E-state index in [0.29, 0.717) is 5.56 Å². The molecular formula is C18H26BNO6. The molecule has 1 atom stereocenters. The number of hydrogen-bond donors (Lipinski definition) is 3. The first-order chi connectivity index (χ1) is 11.9. The standard InChI is InChI=1S/C18H26BNO6/c1-11-7-6-8-13(17(23)24)16(11)26-19(25)12(2)20-15(22)10-9-14(21)18(3,4)5/h6-8,12,25H,9-10H2,1-5H3,(H,20,22)(H,23,24)/t12-/m0/s1. The van der Waals surface area contributed by atoms with Crippen molar-refractivity contribution in [2.45, 2.75) is 53.4 Å². The van der Waals surface area contributed by atoms with Gasteiger partial charge in [0, 0.05) is 18.3 Å². The quantitative estimate of drug-likeness (QED) is 0.609. The number of benzene rings is 1. The number of carbonyl (C=O) groups excluding carboxylic acids is 2. The van der Waals surface area contributed by atoms with Gasteiger partial charge in [-0.2, -0.15) is 0 Å². The summed E-state index contributed by atoms with van der Waals surface area (Å²) in [6.45, 7) is 8.56. The molecule has 0 aliphatic rings. The van der Waals surface area contributed by atoms with Gasteiger partial charge in [0.2, 0.25) is 5.91 Å². The molecule has 1 amide bonds. The van der Waals surface area contributed by atoms with E-state index in [1.807, 2.05) is 0 Å². The first kappa shape index (κ1) is 21.7. The number of carboxylic acids is 1. The third-order valence-corrected chi connectivity index (χ3v) is 3.91. The molecule has 0 fully saturated rings. The predicted octanol–water partition coefficient (Wildman–Crippen LogP) is 1.99. The Morgan fingerprint density at radius 3 is 2.38 bits per heavy atom. The summed E-state index contributed by atoms with van der Waals surface area (Å²) >= 11 is 0. The van der Waals surface area contributed by atoms with Gasteiger partial charge in [-0.3, -0.25) is 9.59 Å². The average molecular weight is 363 g/mol. The summed E-state index contributed by atoms with van der Waals surface area (Å²) in [4.78, 5) is 35.1. The zero-order chi connectivity index (χ0) is 20.1. The molecular weight excluding hydrogens is 337 g/mol. The van der Waals surface area contributed by atoms with Crippen LogP contribution >= 0.6 is 0 Å². The van der Waals surface area contributed by atoms with E-state index in [0.717, 1.165) is 0 Å². The first-order valence-electron chi connectivity index (χ1n) is 8.43. The van der Waals surface area contributed by atoms with Crippen LogP contribution in [-0.2, 0) is 9.59 Å². The maximum Gasteiger partial charge on any atom is 0.546 e. The van der Waals surface area contributed by atoms with Crippen LogP contribution in [0.2, 0.25) is 0 Å². The smallest absolute Gasteiger partial charge is 0.534 e. The summed E-state index contributed by atoms with van der Waals surface area (Å²) in [5.74, 6) is -2.32. The molecule has 0 unspecified atom stereocenters. The molecule has 0 bridgehead atoms. The molecule has 0 aliphatic heterocycles. The molecule has 0 spiro atoms. The molecule has 1 aromatic rings. The molecule has 0 heterocycles. The number of Topliss-reactive ketones (excluding diaryl/α,β-unsaturated/α-hetero) is 1. The van der Waals surface area contributed by atoms with Gasteiger partial charge < -0.3 is 20.1 Å². The van der Waals surface area contributed by atoms with Crippen molar-refractivity contribution >= 4 is 24.8 Å². The molecule has 26 heavy (non-hydrogen) atoms. The lowest BCUT2D eigenvalue weighted by molar-refractivity contribution is -0.129. The van der Waals surface area contributed by atoms with Crippen LogP contribution in [0.4, 0.5) is 0 Å². The summed E-state index contributed by atoms with van der Waals surface area (Å²) in [7, 11) is -1.43. The highest BCUT2D eigenvalue weighted by Gasteiger charge is 2.29. The van der Waals surface area contributed by atoms with Crippen LogP contribution in [0.15, 0.2) is 18.2 Å². The maximum atomic E-state index is 12.0. The van der Waals surface area contributed by atoms with Gasteiger partial charge in [-0.1, -0.05) is 32.9 Å². The van der Waals surface area contributed by atoms with E-state index in [-0.39, 0.29) is 35.8 Å². The van der Waals surface area contributed by atoms with Crippen LogP contribution < -0.4 is 9.97 Å². The molecule has 0 aliphatic carbocycles. The van der Waals surface area contributed by atoms with Gasteiger partial charge in [-0.05, 0) is 25.5 Å². The van der Waals surface area contributed by atoms with Crippen LogP contribution in [0.1, 0.15) is 56.5 Å². The molecule has 1 aromatic carbocycles. The Kier molecular flexibility index (Phi) is 7.38. The van der Waals surface area contributed by atoms with Gasteiger partial charge in [0.15, 0.2) is 0 Å². The van der Waals surface area contributed by atoms with E-state index in [4.69, 9.17) is 4.65 Å². The van der Waals surface area contributed by atoms with E-state index >= 15 is 0 Å². The van der Waals surface area contributed by atoms with Gasteiger partial charge in [-0.25, -0.2) is 4.79 Å². The van der Waals surface area contributed by atoms with Crippen molar-refractivity contribution in [1.82, 2.24) is 5.32 Å². The summed E-state index contributed by atoms with van der Waals surface area (Å²) in [6, 6.07) is 4.62. The van der Waals surface area contributed by atoms with E-state index in [1.54, 1.807) is 39.8 Å². The Balaban J connectivity index is 2.66. The largest absolute Gasteiger partial charge is 0.546 e. The molecule has 1 rings (SSSR count). The number of carboxylic acid groups (broad SMARTS) is 1. The second-order valence-electron chi connectivity index (χ2n) is 7.29. The third-order valence-electron chi connectivity index (χ3n) is 3.91. The first-order valence-corrected chi connectivity index (χ1v) is 8.43. The lowest BCUT2D eigenvalue weighted by atomic mass is 9.79. The van der Waals surface area contributed by atoms with Gasteiger partial charge in [0.25, 0.3) is 0 Å². The average Bonchev–Trinajstić information content (AvgIpc) is 2.52. The van der Waals surface area contributed by atoms with Crippen LogP contribution in [0.25, 0.3) is 0 Å². The van der Waals surface area contributed by atoms with Crippen LogP contribution in [0.3, 0.4) is 0 Å². The number of para-hydroxylation sites is 1. The lowest BCUT2D eigenvalue weighted by Crippen LogP contribution is -2.48. The Morgan fingerprint density at radius 2 is 1.85 bits per heavy atom. The zero-order valence-electron chi connectivity index (χ0n) is 15.8. The maximum absolute atomic E-state index is 12.0. The number of amides is 1. The van der Waals surface area contributed by atoms with Crippen molar-refractivity contribution in [2.24, 2.45) is 5.41 Å². The highest BCUT2D eigenvalue weighted by atomic mass is 16.5. The Morgan fingerprint density at radius 1 is 1.23 bits per heavy atom. The zero-order valence-corrected chi connectivity index (χ0v) is 15.8. The Bertz CT molecular complexity index is 683. The fourth-order valence-electron chi connectivity index (χ4n) is 2.20. The highest BCUT2D eigenvalue weighted by molar-refractivity contribution is 6.46. The SMILES string of the molecule is Cc1cccc(C(=O)O)c1OB(O)[C@H](C)NC(=O)CCC(=O)C(C)(C)C. The lowest BCUT2D eigenvalue weighted by Gasteiger charge is -2.20. The van der Waals surface area contributed by atoms with Crippen molar-refractivity contribution in [2.75, 3.05) is 0 Å². The van der Waals surface area contributed by atoms with Gasteiger partial charge in [0.05, 0.1) is 11.5 Å². The van der Waals surface area contributed by atoms with E-state index < -0.39 is 24.4 Å². The molecule has 142 valence electrons. The van der Waals surface area contributed by atoms with Gasteiger partial charge in [0.1, 0.15) is 11.5 Å². The topological polar surface area (TPSA) is 113 Å². The Labute approximate surface area is 153 Å². The fraction of sp³-hybridized carbons (Fsp3) is 0.500. The molecule has 0 saturated heterocycles. The number of rotatable bonds is 8. The molecule has 0 radical (unpaired) electrons. The second kappa shape index (κ2) is 8.85. The second-order valence-corrected chi connectivity index (χ2v) is 7.29. The predicted molar refractivity (Wildman–Crippen MR) is 98.0 cm³/mol. The summed E-state index contributed by atoms with van der Waals surface area (Å²) in [6.07, 6.45) is 0.123. The van der Waals surface area contributed by atoms with E-state index in [1.165, 1.54) is 13.0 Å². The highest BCUT2D eigenvalue weighted by Crippen LogP contribution is 2.24. The molecule has 8 heteroatoms. The molecule has 3 N–H and O–H groups in total. The Hall–Kier alpha value is -2.35. The summed E-state index contributed by atoms with van der Waals surface area (Å²) < 4.78 is 5.37. The number of hydrogen-bond acceptors (Lipinski definition) is 5. The van der Waals surface area contributed by atoms with Crippen molar-refractivity contribution in [3.8, 4) is 5.75 Å². The molecule has 0 saturated carbocycles. The van der Waals surface area contributed by atoms with Crippen LogP contribution in [0, 0.1) is 12.3 Å². The summed E-state index contributed by atoms with van der Waals surface area (Å²) in [5.41, 5.74) is -0.0244. The minimum absolute atomic E-state index is 0.0118. The number of aryl methyl sites for hydroxylation is 1. The molecule has 7 nitrogen and oxygen atoms in total. The van der Waals surface area contributed by atoms with Gasteiger partial charge >= 0.3 is 13.1 Å². The third kappa shape index (κ3) is 6.18. The number of aromatic carboxylic acids is 1. The van der Waals surface area contributed by atoms with E-state index in [2.05, 4.69) is 5.32 Å². The summed E-state index contributed by atoms with van der Waals surface area (Å²) in [5, 5.41) is 21.9. The number of carbonyl (C=O) groups is 3. The number of nitrogens with one attached hydrogen (secondary N) is 1. The minimum atomic E-state index is -1.43. The van der Waals surface area contributed by atoms with Crippen LogP contribution in [0.5, 0.6) is 5.75 Å². The monoisotopic (exact) mass is 363 g/mol. The van der Waals surface area contributed by atoms with Crippen molar-refractivity contribution in [1.29, 1.82) is 0 Å². The van der Waals surface area contributed by atoms with Crippen molar-refractivity contribution in [3.63, 3.8) is 0 Å². The van der Waals surface area contributed by atoms with Crippen molar-refractivity contribution in [3.05, 3.63) is 29.3 Å². The van der Waals surface area contributed by atoms with Crippen LogP contribution in [-0.4, -0.2) is 40.8 Å².